The van der Waals surface area contributed by atoms with E-state index in [-0.39, 0.29) is 18.0 Å². The Hall–Kier alpha value is -1.73. The number of nitrogens with one attached hydrogen (secondary N) is 2. The summed E-state index contributed by atoms with van der Waals surface area (Å²) in [6.45, 7) is 3.56. The maximum Gasteiger partial charge on any atom is 0.254 e. The smallest absolute Gasteiger partial charge is 0.254 e. The molecule has 7 heteroatoms. The molecule has 1 aromatic rings. The van der Waals surface area contributed by atoms with Crippen molar-refractivity contribution < 1.29 is 13.6 Å². The number of carbonyl (C=O) groups is 1. The zero-order valence-electron chi connectivity index (χ0n) is 14.0. The third-order valence-electron chi connectivity index (χ3n) is 6.17. The fourth-order valence-electron chi connectivity index (χ4n) is 4.93. The van der Waals surface area contributed by atoms with Gasteiger partial charge < -0.3 is 20.4 Å². The van der Waals surface area contributed by atoms with E-state index in [1.807, 2.05) is 4.90 Å². The summed E-state index contributed by atoms with van der Waals surface area (Å²) in [5, 5.41) is 6.70. The molecule has 1 aromatic carbocycles. The lowest BCUT2D eigenvalue weighted by Gasteiger charge is -2.33. The number of hydrogen-bond acceptors (Lipinski definition) is 4. The van der Waals surface area contributed by atoms with E-state index < -0.39 is 11.6 Å². The van der Waals surface area contributed by atoms with Crippen LogP contribution in [-0.4, -0.2) is 55.1 Å². The second-order valence-corrected chi connectivity index (χ2v) is 7.63. The summed E-state index contributed by atoms with van der Waals surface area (Å²) >= 11 is 0. The van der Waals surface area contributed by atoms with Gasteiger partial charge >= 0.3 is 0 Å². The molecule has 5 nitrogen and oxygen atoms in total. The van der Waals surface area contributed by atoms with Crippen molar-refractivity contribution in [1.29, 1.82) is 0 Å². The molecule has 134 valence electrons. The van der Waals surface area contributed by atoms with Gasteiger partial charge in [0.25, 0.3) is 5.91 Å². The number of amides is 1. The molecule has 5 rings (SSSR count). The molecule has 3 unspecified atom stereocenters. The van der Waals surface area contributed by atoms with Gasteiger partial charge in [-0.3, -0.25) is 4.79 Å². The van der Waals surface area contributed by atoms with Crippen molar-refractivity contribution in [2.75, 3.05) is 31.1 Å². The SMILES string of the molecule is O=C1c2cc(F)c(F)c(N3CC4CC3CN4)c2CN1C1CCCNC1. The van der Waals surface area contributed by atoms with Crippen LogP contribution in [0.15, 0.2) is 6.07 Å². The molecule has 3 atom stereocenters. The lowest BCUT2D eigenvalue weighted by molar-refractivity contribution is 0.0674. The largest absolute Gasteiger partial charge is 0.363 e. The molecule has 1 amide bonds. The molecule has 2 bridgehead atoms. The Bertz CT molecular complexity index is 734. The first-order chi connectivity index (χ1) is 12.1. The minimum absolute atomic E-state index is 0.101. The van der Waals surface area contributed by atoms with E-state index in [0.717, 1.165) is 45.0 Å². The molecule has 3 fully saturated rings. The summed E-state index contributed by atoms with van der Waals surface area (Å²) in [5.41, 5.74) is 1.33. The molecule has 25 heavy (non-hydrogen) atoms. The van der Waals surface area contributed by atoms with E-state index in [1.165, 1.54) is 0 Å². The number of piperazine rings is 1. The number of fused-ring (bicyclic) bond motifs is 3. The summed E-state index contributed by atoms with van der Waals surface area (Å²) in [5.74, 6) is -1.88. The molecule has 4 aliphatic rings. The summed E-state index contributed by atoms with van der Waals surface area (Å²) in [6, 6.07) is 1.72. The Morgan fingerprint density at radius 3 is 2.72 bits per heavy atom. The predicted octanol–water partition coefficient (Wildman–Crippen LogP) is 1.22. The fourth-order valence-corrected chi connectivity index (χ4v) is 4.93. The van der Waals surface area contributed by atoms with Crippen LogP contribution in [0.1, 0.15) is 35.2 Å². The molecule has 0 aromatic heterocycles. The highest BCUT2D eigenvalue weighted by Gasteiger charge is 2.43. The molecular formula is C18H22F2N4O. The van der Waals surface area contributed by atoms with Crippen molar-refractivity contribution in [1.82, 2.24) is 15.5 Å². The molecule has 2 N–H and O–H groups in total. The Morgan fingerprint density at radius 2 is 2.04 bits per heavy atom. The van der Waals surface area contributed by atoms with Gasteiger partial charge in [0.2, 0.25) is 0 Å². The first-order valence-electron chi connectivity index (χ1n) is 9.16. The average molecular weight is 348 g/mol. The zero-order chi connectivity index (χ0) is 17.1. The topological polar surface area (TPSA) is 47.6 Å². The highest BCUT2D eigenvalue weighted by atomic mass is 19.2. The Balaban J connectivity index is 1.54. The number of rotatable bonds is 2. The van der Waals surface area contributed by atoms with Crippen molar-refractivity contribution in [3.8, 4) is 0 Å². The van der Waals surface area contributed by atoms with Crippen LogP contribution < -0.4 is 15.5 Å². The Morgan fingerprint density at radius 1 is 1.16 bits per heavy atom. The van der Waals surface area contributed by atoms with Crippen LogP contribution >= 0.6 is 0 Å². The molecule has 4 aliphatic heterocycles. The van der Waals surface area contributed by atoms with Crippen molar-refractivity contribution in [3.05, 3.63) is 28.8 Å². The number of hydrogen-bond donors (Lipinski definition) is 2. The van der Waals surface area contributed by atoms with Crippen molar-refractivity contribution in [2.45, 2.75) is 43.9 Å². The maximum absolute atomic E-state index is 14.8. The average Bonchev–Trinajstić information content (AvgIpc) is 3.32. The van der Waals surface area contributed by atoms with Crippen LogP contribution in [0.3, 0.4) is 0 Å². The van der Waals surface area contributed by atoms with Crippen LogP contribution in [0.5, 0.6) is 0 Å². The Labute approximate surface area is 145 Å². The Kier molecular flexibility index (Phi) is 3.50. The van der Waals surface area contributed by atoms with Gasteiger partial charge in [-0.2, -0.15) is 0 Å². The minimum Gasteiger partial charge on any atom is -0.363 e. The van der Waals surface area contributed by atoms with Crippen molar-refractivity contribution in [3.63, 3.8) is 0 Å². The second-order valence-electron chi connectivity index (χ2n) is 7.63. The van der Waals surface area contributed by atoms with E-state index in [9.17, 15) is 13.6 Å². The lowest BCUT2D eigenvalue weighted by atomic mass is 10.0. The van der Waals surface area contributed by atoms with Crippen LogP contribution in [0, 0.1) is 11.6 Å². The zero-order valence-corrected chi connectivity index (χ0v) is 14.0. The van der Waals surface area contributed by atoms with E-state index >= 15 is 0 Å². The van der Waals surface area contributed by atoms with Crippen molar-refractivity contribution >= 4 is 11.6 Å². The quantitative estimate of drug-likeness (QED) is 0.844. The van der Waals surface area contributed by atoms with Gasteiger partial charge in [0.1, 0.15) is 0 Å². The monoisotopic (exact) mass is 348 g/mol. The maximum atomic E-state index is 14.8. The van der Waals surface area contributed by atoms with Crippen LogP contribution in [0.2, 0.25) is 0 Å². The summed E-state index contributed by atoms with van der Waals surface area (Å²) in [7, 11) is 0. The van der Waals surface area contributed by atoms with Crippen LogP contribution in [-0.2, 0) is 6.54 Å². The molecule has 0 aliphatic carbocycles. The molecule has 0 saturated carbocycles. The normalized spacial score (nSPS) is 31.1. The van der Waals surface area contributed by atoms with E-state index in [2.05, 4.69) is 10.6 Å². The van der Waals surface area contributed by atoms with Crippen LogP contribution in [0.25, 0.3) is 0 Å². The number of anilines is 1. The van der Waals surface area contributed by atoms with Gasteiger partial charge in [-0.15, -0.1) is 0 Å². The van der Waals surface area contributed by atoms with Crippen LogP contribution in [0.4, 0.5) is 14.5 Å². The number of carbonyl (C=O) groups excluding carboxylic acids is 1. The van der Waals surface area contributed by atoms with Gasteiger partial charge in [-0.1, -0.05) is 0 Å². The lowest BCUT2D eigenvalue weighted by Crippen LogP contribution is -2.46. The summed E-state index contributed by atoms with van der Waals surface area (Å²) in [6.07, 6.45) is 2.90. The van der Waals surface area contributed by atoms with E-state index in [4.69, 9.17) is 0 Å². The highest BCUT2D eigenvalue weighted by Crippen LogP contribution is 2.40. The number of benzene rings is 1. The number of halogens is 2. The van der Waals surface area contributed by atoms with Gasteiger partial charge in [-0.05, 0) is 31.9 Å². The first kappa shape index (κ1) is 15.5. The minimum atomic E-state index is -0.915. The fraction of sp³-hybridized carbons (Fsp3) is 0.611. The van der Waals surface area contributed by atoms with Gasteiger partial charge in [0.05, 0.1) is 5.69 Å². The molecule has 4 heterocycles. The summed E-state index contributed by atoms with van der Waals surface area (Å²) in [4.78, 5) is 16.6. The van der Waals surface area contributed by atoms with Gasteiger partial charge in [-0.25, -0.2) is 8.78 Å². The standard InChI is InChI=1S/C18H22F2N4O/c19-15-5-13-14(9-24(18(13)25)11-2-1-3-21-6-11)17(16(15)20)23-8-10-4-12(23)7-22-10/h5,10-12,21-22H,1-4,6-9H2. The number of piperidine rings is 1. The summed E-state index contributed by atoms with van der Waals surface area (Å²) < 4.78 is 29.0. The van der Waals surface area contributed by atoms with Gasteiger partial charge in [0, 0.05) is 55.4 Å². The highest BCUT2D eigenvalue weighted by molar-refractivity contribution is 6.00. The molecule has 0 spiro atoms. The predicted molar refractivity (Wildman–Crippen MR) is 89.7 cm³/mol. The third-order valence-corrected chi connectivity index (χ3v) is 6.17. The molecule has 0 radical (unpaired) electrons. The third kappa shape index (κ3) is 2.29. The van der Waals surface area contributed by atoms with Gasteiger partial charge in [0.15, 0.2) is 11.6 Å². The second kappa shape index (κ2) is 5.64. The molecular weight excluding hydrogens is 326 g/mol. The number of nitrogens with zero attached hydrogens (tertiary/aromatic N) is 2. The first-order valence-corrected chi connectivity index (χ1v) is 9.16. The van der Waals surface area contributed by atoms with E-state index in [1.54, 1.807) is 4.90 Å². The van der Waals surface area contributed by atoms with Crippen molar-refractivity contribution in [2.24, 2.45) is 0 Å². The van der Waals surface area contributed by atoms with E-state index in [0.29, 0.717) is 35.9 Å². The molecule has 3 saturated heterocycles.